The first kappa shape index (κ1) is 14.4. The zero-order valence-corrected chi connectivity index (χ0v) is 12.9. The average molecular weight is 291 g/mol. The highest BCUT2D eigenvalue weighted by Gasteiger charge is 2.37. The minimum Gasteiger partial charge on any atom is -0.467 e. The van der Waals surface area contributed by atoms with Gasteiger partial charge in [0, 0.05) is 19.1 Å². The number of urea groups is 1. The summed E-state index contributed by atoms with van der Waals surface area (Å²) >= 11 is 0. The number of hydrogen-bond acceptors (Lipinski definition) is 3. The van der Waals surface area contributed by atoms with E-state index in [1.807, 2.05) is 19.1 Å². The maximum absolute atomic E-state index is 12.6. The van der Waals surface area contributed by atoms with Crippen molar-refractivity contribution in [3.63, 3.8) is 0 Å². The Labute approximate surface area is 126 Å². The number of carbonyl (C=O) groups excluding carboxylic acids is 1. The van der Waals surface area contributed by atoms with E-state index >= 15 is 0 Å². The highest BCUT2D eigenvalue weighted by molar-refractivity contribution is 5.75. The van der Waals surface area contributed by atoms with Gasteiger partial charge in [-0.05, 0) is 57.8 Å². The van der Waals surface area contributed by atoms with Gasteiger partial charge < -0.3 is 19.5 Å². The van der Waals surface area contributed by atoms with Crippen LogP contribution in [0.15, 0.2) is 22.8 Å². The molecule has 0 aromatic carbocycles. The molecule has 0 radical (unpaired) electrons. The van der Waals surface area contributed by atoms with Gasteiger partial charge in [0.25, 0.3) is 0 Å². The number of fused-ring (bicyclic) bond motifs is 1. The van der Waals surface area contributed by atoms with Crippen LogP contribution in [0.25, 0.3) is 0 Å². The maximum atomic E-state index is 12.6. The van der Waals surface area contributed by atoms with Crippen molar-refractivity contribution in [1.29, 1.82) is 0 Å². The molecule has 0 spiro atoms. The van der Waals surface area contributed by atoms with Crippen LogP contribution in [-0.2, 0) is 0 Å². The SMILES string of the molecule is C[C@H](NC(=O)N1CCC[C@@H]2CN(C)CC[C@H]21)c1ccco1. The number of amides is 2. The lowest BCUT2D eigenvalue weighted by molar-refractivity contribution is 0.0523. The Balaban J connectivity index is 1.63. The smallest absolute Gasteiger partial charge is 0.318 e. The van der Waals surface area contributed by atoms with E-state index in [1.54, 1.807) is 6.26 Å². The number of nitrogens with one attached hydrogen (secondary N) is 1. The van der Waals surface area contributed by atoms with Crippen LogP contribution in [0.2, 0.25) is 0 Å². The molecule has 2 saturated heterocycles. The Morgan fingerprint density at radius 1 is 1.43 bits per heavy atom. The Bertz CT molecular complexity index is 474. The van der Waals surface area contributed by atoms with E-state index in [-0.39, 0.29) is 12.1 Å². The largest absolute Gasteiger partial charge is 0.467 e. The third-order valence-electron chi connectivity index (χ3n) is 4.84. The number of nitrogens with zero attached hydrogens (tertiary/aromatic N) is 2. The van der Waals surface area contributed by atoms with Crippen molar-refractivity contribution < 1.29 is 9.21 Å². The molecule has 0 saturated carbocycles. The molecule has 21 heavy (non-hydrogen) atoms. The fourth-order valence-electron chi connectivity index (χ4n) is 3.71. The zero-order chi connectivity index (χ0) is 14.8. The fourth-order valence-corrected chi connectivity index (χ4v) is 3.71. The Morgan fingerprint density at radius 2 is 2.29 bits per heavy atom. The lowest BCUT2D eigenvalue weighted by Gasteiger charge is -2.46. The minimum atomic E-state index is -0.0841. The van der Waals surface area contributed by atoms with E-state index in [4.69, 9.17) is 4.42 Å². The van der Waals surface area contributed by atoms with Crippen LogP contribution in [-0.4, -0.2) is 48.6 Å². The number of furan rings is 1. The van der Waals surface area contributed by atoms with Crippen molar-refractivity contribution in [3.8, 4) is 0 Å². The standard InChI is InChI=1S/C16H25N3O2/c1-12(15-6-4-10-21-15)17-16(20)19-8-3-5-13-11-18(2)9-7-14(13)19/h4,6,10,12-14H,3,5,7-9,11H2,1-2H3,(H,17,20)/t12-,13+,14+/m0/s1. The molecule has 1 aromatic rings. The lowest BCUT2D eigenvalue weighted by atomic mass is 9.84. The summed E-state index contributed by atoms with van der Waals surface area (Å²) in [5, 5.41) is 3.08. The molecule has 0 aliphatic carbocycles. The molecule has 3 rings (SSSR count). The molecule has 3 heterocycles. The molecule has 1 aromatic heterocycles. The maximum Gasteiger partial charge on any atom is 0.318 e. The summed E-state index contributed by atoms with van der Waals surface area (Å²) < 4.78 is 5.36. The van der Waals surface area contributed by atoms with Crippen LogP contribution >= 0.6 is 0 Å². The molecular weight excluding hydrogens is 266 g/mol. The van der Waals surface area contributed by atoms with Gasteiger partial charge >= 0.3 is 6.03 Å². The monoisotopic (exact) mass is 291 g/mol. The highest BCUT2D eigenvalue weighted by Crippen LogP contribution is 2.30. The summed E-state index contributed by atoms with van der Waals surface area (Å²) in [4.78, 5) is 17.0. The lowest BCUT2D eigenvalue weighted by Crippen LogP contribution is -2.57. The first-order valence-corrected chi connectivity index (χ1v) is 7.94. The number of hydrogen-bond donors (Lipinski definition) is 1. The van der Waals surface area contributed by atoms with Crippen LogP contribution < -0.4 is 5.32 Å². The van der Waals surface area contributed by atoms with Gasteiger partial charge in [-0.25, -0.2) is 4.79 Å². The van der Waals surface area contributed by atoms with Crippen LogP contribution in [0.4, 0.5) is 4.79 Å². The van der Waals surface area contributed by atoms with Gasteiger partial charge in [-0.3, -0.25) is 0 Å². The second-order valence-corrected chi connectivity index (χ2v) is 6.40. The first-order chi connectivity index (χ1) is 10.1. The van der Waals surface area contributed by atoms with Crippen molar-refractivity contribution in [1.82, 2.24) is 15.1 Å². The summed E-state index contributed by atoms with van der Waals surface area (Å²) in [7, 11) is 2.17. The Morgan fingerprint density at radius 3 is 3.05 bits per heavy atom. The number of carbonyl (C=O) groups is 1. The minimum absolute atomic E-state index is 0.0538. The van der Waals surface area contributed by atoms with Crippen molar-refractivity contribution in [3.05, 3.63) is 24.2 Å². The van der Waals surface area contributed by atoms with E-state index in [2.05, 4.69) is 22.2 Å². The quantitative estimate of drug-likeness (QED) is 0.910. The molecule has 116 valence electrons. The summed E-state index contributed by atoms with van der Waals surface area (Å²) in [6.07, 6.45) is 5.08. The first-order valence-electron chi connectivity index (χ1n) is 7.94. The summed E-state index contributed by atoms with van der Waals surface area (Å²) in [6, 6.07) is 4.13. The molecule has 0 unspecified atom stereocenters. The number of rotatable bonds is 2. The molecule has 0 bridgehead atoms. The molecule has 2 amide bonds. The van der Waals surface area contributed by atoms with E-state index in [1.165, 1.54) is 6.42 Å². The van der Waals surface area contributed by atoms with Gasteiger partial charge in [-0.15, -0.1) is 0 Å². The van der Waals surface area contributed by atoms with E-state index in [0.29, 0.717) is 12.0 Å². The molecule has 2 aliphatic heterocycles. The molecule has 5 heteroatoms. The van der Waals surface area contributed by atoms with Crippen molar-refractivity contribution in [2.45, 2.75) is 38.3 Å². The summed E-state index contributed by atoms with van der Waals surface area (Å²) in [5.74, 6) is 1.43. The number of likely N-dealkylation sites (tertiary alicyclic amines) is 2. The third kappa shape index (κ3) is 3.07. The van der Waals surface area contributed by atoms with Gasteiger partial charge in [-0.1, -0.05) is 0 Å². The van der Waals surface area contributed by atoms with Crippen molar-refractivity contribution >= 4 is 6.03 Å². The Hall–Kier alpha value is -1.49. The summed E-state index contributed by atoms with van der Waals surface area (Å²) in [5.41, 5.74) is 0. The van der Waals surface area contributed by atoms with Gasteiger partial charge in [0.1, 0.15) is 5.76 Å². The molecule has 2 fully saturated rings. The molecule has 3 atom stereocenters. The highest BCUT2D eigenvalue weighted by atomic mass is 16.3. The van der Waals surface area contributed by atoms with Crippen LogP contribution in [0.1, 0.15) is 38.0 Å². The molecule has 1 N–H and O–H groups in total. The zero-order valence-electron chi connectivity index (χ0n) is 12.9. The van der Waals surface area contributed by atoms with Gasteiger partial charge in [0.2, 0.25) is 0 Å². The third-order valence-corrected chi connectivity index (χ3v) is 4.84. The average Bonchev–Trinajstić information content (AvgIpc) is 3.00. The van der Waals surface area contributed by atoms with E-state index in [9.17, 15) is 4.79 Å². The number of piperidine rings is 2. The second kappa shape index (κ2) is 6.10. The molecule has 5 nitrogen and oxygen atoms in total. The van der Waals surface area contributed by atoms with Gasteiger partial charge in [0.05, 0.1) is 12.3 Å². The van der Waals surface area contributed by atoms with Gasteiger partial charge in [0.15, 0.2) is 0 Å². The fraction of sp³-hybridized carbons (Fsp3) is 0.688. The summed E-state index contributed by atoms with van der Waals surface area (Å²) in [6.45, 7) is 5.04. The predicted octanol–water partition coefficient (Wildman–Crippen LogP) is 2.47. The predicted molar refractivity (Wildman–Crippen MR) is 81.0 cm³/mol. The van der Waals surface area contributed by atoms with E-state index in [0.717, 1.165) is 38.2 Å². The van der Waals surface area contributed by atoms with E-state index < -0.39 is 0 Å². The van der Waals surface area contributed by atoms with Crippen molar-refractivity contribution in [2.75, 3.05) is 26.7 Å². The van der Waals surface area contributed by atoms with Crippen molar-refractivity contribution in [2.24, 2.45) is 5.92 Å². The molecule has 2 aliphatic rings. The van der Waals surface area contributed by atoms with Crippen LogP contribution in [0.3, 0.4) is 0 Å². The normalized spacial score (nSPS) is 28.0. The topological polar surface area (TPSA) is 48.7 Å². The van der Waals surface area contributed by atoms with Gasteiger partial charge in [-0.2, -0.15) is 0 Å². The second-order valence-electron chi connectivity index (χ2n) is 6.40. The molecular formula is C16H25N3O2. The van der Waals surface area contributed by atoms with Crippen LogP contribution in [0.5, 0.6) is 0 Å². The van der Waals surface area contributed by atoms with Crippen LogP contribution in [0, 0.1) is 5.92 Å². The Kier molecular flexibility index (Phi) is 4.19.